The molecule has 16 heavy (non-hydrogen) atoms. The Balaban J connectivity index is 2.56. The molecule has 1 unspecified atom stereocenters. The van der Waals surface area contributed by atoms with E-state index in [4.69, 9.17) is 11.6 Å². The molecule has 0 saturated carbocycles. The Bertz CT molecular complexity index is 368. The van der Waals surface area contributed by atoms with Gasteiger partial charge in [-0.15, -0.1) is 0 Å². The molecule has 0 spiro atoms. The Hall–Kier alpha value is -1.13. The number of carbonyl (C=O) groups is 1. The van der Waals surface area contributed by atoms with Gasteiger partial charge in [0.2, 0.25) is 5.91 Å². The van der Waals surface area contributed by atoms with Gasteiger partial charge in [0.1, 0.15) is 5.15 Å². The number of aromatic nitrogens is 1. The minimum atomic E-state index is 0.00472. The summed E-state index contributed by atoms with van der Waals surface area (Å²) < 4.78 is 0. The number of halogens is 1. The van der Waals surface area contributed by atoms with Crippen LogP contribution in [0.4, 0.5) is 0 Å². The minimum Gasteiger partial charge on any atom is -0.348 e. The van der Waals surface area contributed by atoms with Gasteiger partial charge in [-0.05, 0) is 13.0 Å². The van der Waals surface area contributed by atoms with Crippen LogP contribution in [0.5, 0.6) is 0 Å². The minimum absolute atomic E-state index is 0.00472. The quantitative estimate of drug-likeness (QED) is 0.813. The van der Waals surface area contributed by atoms with Crippen LogP contribution in [0, 0.1) is 0 Å². The molecule has 0 aromatic carbocycles. The summed E-state index contributed by atoms with van der Waals surface area (Å²) in [6.07, 6.45) is 1.64. The number of hydrogen-bond acceptors (Lipinski definition) is 3. The fourth-order valence-electron chi connectivity index (χ4n) is 1.23. The van der Waals surface area contributed by atoms with E-state index in [-0.39, 0.29) is 11.9 Å². The summed E-state index contributed by atoms with van der Waals surface area (Å²) in [5.41, 5.74) is 0.899. The Kier molecular flexibility index (Phi) is 4.71. The predicted molar refractivity (Wildman–Crippen MR) is 64.4 cm³/mol. The molecule has 1 rings (SSSR count). The van der Waals surface area contributed by atoms with Crippen molar-refractivity contribution in [2.45, 2.75) is 13.0 Å². The summed E-state index contributed by atoms with van der Waals surface area (Å²) in [5, 5.41) is 3.58. The molecule has 1 heterocycles. The van der Waals surface area contributed by atoms with Gasteiger partial charge in [-0.2, -0.15) is 0 Å². The molecule has 1 N–H and O–H groups in total. The molecule has 1 amide bonds. The van der Waals surface area contributed by atoms with E-state index in [2.05, 4.69) is 10.3 Å². The molecule has 1 atom stereocenters. The molecule has 1 aromatic rings. The SMILES string of the molecule is CC(NCC(=O)N(C)C)c1cccnc1Cl. The van der Waals surface area contributed by atoms with Crippen molar-refractivity contribution >= 4 is 17.5 Å². The summed E-state index contributed by atoms with van der Waals surface area (Å²) in [7, 11) is 3.46. The molecule has 0 aliphatic carbocycles. The number of nitrogens with one attached hydrogen (secondary N) is 1. The van der Waals surface area contributed by atoms with Gasteiger partial charge in [-0.3, -0.25) is 4.79 Å². The van der Waals surface area contributed by atoms with E-state index in [1.165, 1.54) is 0 Å². The largest absolute Gasteiger partial charge is 0.348 e. The Morgan fingerprint density at radius 2 is 2.31 bits per heavy atom. The number of likely N-dealkylation sites (N-methyl/N-ethyl adjacent to an activating group) is 1. The molecule has 0 radical (unpaired) electrons. The second-order valence-electron chi connectivity index (χ2n) is 3.77. The van der Waals surface area contributed by atoms with Crippen LogP contribution in [-0.2, 0) is 4.79 Å². The first-order chi connectivity index (χ1) is 7.52. The van der Waals surface area contributed by atoms with Crippen molar-refractivity contribution in [3.05, 3.63) is 29.0 Å². The van der Waals surface area contributed by atoms with E-state index in [1.54, 1.807) is 25.2 Å². The van der Waals surface area contributed by atoms with Gasteiger partial charge < -0.3 is 10.2 Å². The average molecular weight is 242 g/mol. The van der Waals surface area contributed by atoms with E-state index in [0.29, 0.717) is 11.7 Å². The van der Waals surface area contributed by atoms with Gasteiger partial charge >= 0.3 is 0 Å². The van der Waals surface area contributed by atoms with Crippen molar-refractivity contribution in [2.75, 3.05) is 20.6 Å². The smallest absolute Gasteiger partial charge is 0.236 e. The summed E-state index contributed by atoms with van der Waals surface area (Å²) in [6, 6.07) is 3.73. The average Bonchev–Trinajstić information content (AvgIpc) is 2.25. The van der Waals surface area contributed by atoms with E-state index in [1.807, 2.05) is 19.1 Å². The van der Waals surface area contributed by atoms with Crippen molar-refractivity contribution in [1.82, 2.24) is 15.2 Å². The topological polar surface area (TPSA) is 45.2 Å². The molecule has 0 aliphatic rings. The number of rotatable bonds is 4. The molecule has 0 saturated heterocycles. The van der Waals surface area contributed by atoms with Crippen LogP contribution >= 0.6 is 11.6 Å². The lowest BCUT2D eigenvalue weighted by Crippen LogP contribution is -2.34. The summed E-state index contributed by atoms with van der Waals surface area (Å²) >= 11 is 5.95. The first kappa shape index (κ1) is 12.9. The first-order valence-corrected chi connectivity index (χ1v) is 5.44. The Morgan fingerprint density at radius 3 is 2.88 bits per heavy atom. The highest BCUT2D eigenvalue weighted by atomic mass is 35.5. The van der Waals surface area contributed by atoms with Gasteiger partial charge in [0, 0.05) is 31.9 Å². The fourth-order valence-corrected chi connectivity index (χ4v) is 1.51. The zero-order valence-corrected chi connectivity index (χ0v) is 10.5. The van der Waals surface area contributed by atoms with E-state index in [0.717, 1.165) is 5.56 Å². The molecule has 0 fully saturated rings. The third-order valence-corrected chi connectivity index (χ3v) is 2.63. The van der Waals surface area contributed by atoms with Crippen LogP contribution in [0.2, 0.25) is 5.15 Å². The number of nitrogens with zero attached hydrogens (tertiary/aromatic N) is 2. The molecule has 88 valence electrons. The summed E-state index contributed by atoms with van der Waals surface area (Å²) in [4.78, 5) is 16.9. The maximum absolute atomic E-state index is 11.4. The van der Waals surface area contributed by atoms with E-state index in [9.17, 15) is 4.79 Å². The molecule has 0 aliphatic heterocycles. The maximum atomic E-state index is 11.4. The molecule has 4 nitrogen and oxygen atoms in total. The van der Waals surface area contributed by atoms with Crippen molar-refractivity contribution in [3.8, 4) is 0 Å². The normalized spacial score (nSPS) is 12.2. The van der Waals surface area contributed by atoms with Crippen molar-refractivity contribution in [2.24, 2.45) is 0 Å². The van der Waals surface area contributed by atoms with Crippen LogP contribution < -0.4 is 5.32 Å². The first-order valence-electron chi connectivity index (χ1n) is 5.06. The van der Waals surface area contributed by atoms with Crippen LogP contribution in [0.25, 0.3) is 0 Å². The van der Waals surface area contributed by atoms with E-state index < -0.39 is 0 Å². The van der Waals surface area contributed by atoms with Gasteiger partial charge in [-0.1, -0.05) is 17.7 Å². The second kappa shape index (κ2) is 5.82. The third kappa shape index (κ3) is 3.47. The van der Waals surface area contributed by atoms with Crippen LogP contribution in [-0.4, -0.2) is 36.4 Å². The number of amides is 1. The molecular weight excluding hydrogens is 226 g/mol. The third-order valence-electron chi connectivity index (χ3n) is 2.31. The van der Waals surface area contributed by atoms with Gasteiger partial charge in [0.15, 0.2) is 0 Å². The molecule has 1 aromatic heterocycles. The predicted octanol–water partition coefficient (Wildman–Crippen LogP) is 1.47. The van der Waals surface area contributed by atoms with Gasteiger partial charge in [-0.25, -0.2) is 4.98 Å². The maximum Gasteiger partial charge on any atom is 0.236 e. The number of pyridine rings is 1. The van der Waals surface area contributed by atoms with Crippen molar-refractivity contribution < 1.29 is 4.79 Å². The van der Waals surface area contributed by atoms with Crippen LogP contribution in [0.1, 0.15) is 18.5 Å². The molecule has 0 bridgehead atoms. The lowest BCUT2D eigenvalue weighted by molar-refractivity contribution is -0.127. The van der Waals surface area contributed by atoms with Crippen LogP contribution in [0.15, 0.2) is 18.3 Å². The molecular formula is C11H16ClN3O. The highest BCUT2D eigenvalue weighted by Crippen LogP contribution is 2.19. The fraction of sp³-hybridized carbons (Fsp3) is 0.455. The lowest BCUT2D eigenvalue weighted by Gasteiger charge is -2.16. The Labute approximate surface area is 101 Å². The van der Waals surface area contributed by atoms with Crippen molar-refractivity contribution in [1.29, 1.82) is 0 Å². The van der Waals surface area contributed by atoms with E-state index >= 15 is 0 Å². The molecule has 5 heteroatoms. The standard InChI is InChI=1S/C11H16ClN3O/c1-8(14-7-10(16)15(2)3)9-5-4-6-13-11(9)12/h4-6,8,14H,7H2,1-3H3. The monoisotopic (exact) mass is 241 g/mol. The Morgan fingerprint density at radius 1 is 1.62 bits per heavy atom. The highest BCUT2D eigenvalue weighted by molar-refractivity contribution is 6.30. The van der Waals surface area contributed by atoms with Gasteiger partial charge in [0.25, 0.3) is 0 Å². The summed E-state index contributed by atoms with van der Waals surface area (Å²) in [6.45, 7) is 2.24. The summed E-state index contributed by atoms with van der Waals surface area (Å²) in [5.74, 6) is 0.0341. The zero-order chi connectivity index (χ0) is 12.1. The number of hydrogen-bond donors (Lipinski definition) is 1. The zero-order valence-electron chi connectivity index (χ0n) is 9.70. The van der Waals surface area contributed by atoms with Crippen molar-refractivity contribution in [3.63, 3.8) is 0 Å². The highest BCUT2D eigenvalue weighted by Gasteiger charge is 2.11. The number of carbonyl (C=O) groups excluding carboxylic acids is 1. The second-order valence-corrected chi connectivity index (χ2v) is 4.13. The lowest BCUT2D eigenvalue weighted by atomic mass is 10.1. The van der Waals surface area contributed by atoms with Crippen LogP contribution in [0.3, 0.4) is 0 Å². The van der Waals surface area contributed by atoms with Gasteiger partial charge in [0.05, 0.1) is 6.54 Å².